The van der Waals surface area contributed by atoms with Crippen LogP contribution in [-0.2, 0) is 27.3 Å². The number of amides is 2. The Labute approximate surface area is 153 Å². The van der Waals surface area contributed by atoms with Crippen molar-refractivity contribution in [2.45, 2.75) is 32.2 Å². The average Bonchev–Trinajstić information content (AvgIpc) is 3.00. The number of hydrogen-bond donors (Lipinski definition) is 1. The predicted molar refractivity (Wildman–Crippen MR) is 98.8 cm³/mol. The number of nitrogens with zero attached hydrogens (tertiary/aromatic N) is 3. The number of fused-ring (bicyclic) bond motifs is 1. The first-order valence-corrected chi connectivity index (χ1v) is 9.16. The number of aromatic nitrogens is 2. The van der Waals surface area contributed by atoms with Crippen LogP contribution in [0.4, 0.5) is 0 Å². The molecule has 7 heteroatoms. The van der Waals surface area contributed by atoms with E-state index in [2.05, 4.69) is 10.3 Å². The summed E-state index contributed by atoms with van der Waals surface area (Å²) in [5.74, 6) is 0.798. The number of imidazole rings is 1. The molecular formula is C19H26N4O3. The molecule has 1 saturated heterocycles. The van der Waals surface area contributed by atoms with Gasteiger partial charge < -0.3 is 19.5 Å². The van der Waals surface area contributed by atoms with E-state index in [0.29, 0.717) is 19.5 Å². The highest BCUT2D eigenvalue weighted by molar-refractivity contribution is 5.81. The summed E-state index contributed by atoms with van der Waals surface area (Å²) >= 11 is 0. The molecule has 0 aliphatic carbocycles. The zero-order chi connectivity index (χ0) is 18.4. The number of hydrogen-bond acceptors (Lipinski definition) is 4. The summed E-state index contributed by atoms with van der Waals surface area (Å²) in [5, 5.41) is 2.81. The quantitative estimate of drug-likeness (QED) is 0.811. The van der Waals surface area contributed by atoms with Crippen LogP contribution in [0.1, 0.15) is 25.1 Å². The van der Waals surface area contributed by atoms with Crippen LogP contribution in [0.15, 0.2) is 24.3 Å². The molecule has 0 unspecified atom stereocenters. The number of para-hydroxylation sites is 2. The van der Waals surface area contributed by atoms with Crippen LogP contribution in [0.2, 0.25) is 0 Å². The number of carbonyl (C=O) groups excluding carboxylic acids is 2. The van der Waals surface area contributed by atoms with E-state index in [1.54, 1.807) is 0 Å². The second kappa shape index (κ2) is 8.80. The lowest BCUT2D eigenvalue weighted by atomic mass is 10.1. The van der Waals surface area contributed by atoms with Gasteiger partial charge in [-0.15, -0.1) is 0 Å². The molecule has 1 aliphatic rings. The molecule has 26 heavy (non-hydrogen) atoms. The Morgan fingerprint density at radius 2 is 1.96 bits per heavy atom. The van der Waals surface area contributed by atoms with Crippen LogP contribution in [-0.4, -0.2) is 59.6 Å². The highest BCUT2D eigenvalue weighted by atomic mass is 16.5. The maximum atomic E-state index is 12.7. The van der Waals surface area contributed by atoms with E-state index in [0.717, 1.165) is 42.8 Å². The van der Waals surface area contributed by atoms with Gasteiger partial charge in [0.05, 0.1) is 11.0 Å². The molecule has 0 bridgehead atoms. The first-order chi connectivity index (χ1) is 12.7. The molecule has 0 saturated carbocycles. The number of ether oxygens (including phenoxy) is 1. The Morgan fingerprint density at radius 1 is 1.19 bits per heavy atom. The van der Waals surface area contributed by atoms with Gasteiger partial charge in [-0.2, -0.15) is 0 Å². The predicted octanol–water partition coefficient (Wildman–Crippen LogP) is 1.35. The molecule has 140 valence electrons. The minimum Gasteiger partial charge on any atom is -0.375 e. The third-order valence-electron chi connectivity index (χ3n) is 4.68. The molecule has 1 fully saturated rings. The molecule has 1 aromatic carbocycles. The molecule has 3 rings (SSSR count). The zero-order valence-electron chi connectivity index (χ0n) is 15.2. The Hall–Kier alpha value is -2.41. The summed E-state index contributed by atoms with van der Waals surface area (Å²) in [7, 11) is 1.49. The Bertz CT molecular complexity index is 765. The molecule has 0 spiro atoms. The lowest BCUT2D eigenvalue weighted by Gasteiger charge is -2.27. The zero-order valence-corrected chi connectivity index (χ0v) is 15.2. The van der Waals surface area contributed by atoms with Gasteiger partial charge in [0, 0.05) is 33.2 Å². The molecule has 1 aliphatic heterocycles. The lowest BCUT2D eigenvalue weighted by molar-refractivity contribution is -0.132. The highest BCUT2D eigenvalue weighted by Gasteiger charge is 2.19. The Morgan fingerprint density at radius 3 is 2.73 bits per heavy atom. The number of carbonyl (C=O) groups is 2. The summed E-state index contributed by atoms with van der Waals surface area (Å²) in [6.07, 6.45) is 3.92. The molecule has 0 atom stereocenters. The highest BCUT2D eigenvalue weighted by Crippen LogP contribution is 2.18. The molecule has 0 radical (unpaired) electrons. The van der Waals surface area contributed by atoms with Crippen LogP contribution >= 0.6 is 0 Å². The van der Waals surface area contributed by atoms with Crippen molar-refractivity contribution in [3.05, 3.63) is 30.1 Å². The topological polar surface area (TPSA) is 76.5 Å². The van der Waals surface area contributed by atoms with E-state index in [-0.39, 0.29) is 18.4 Å². The van der Waals surface area contributed by atoms with Gasteiger partial charge in [-0.25, -0.2) is 4.98 Å². The van der Waals surface area contributed by atoms with Crippen molar-refractivity contribution < 1.29 is 14.3 Å². The fourth-order valence-electron chi connectivity index (χ4n) is 3.37. The Kier molecular flexibility index (Phi) is 6.22. The summed E-state index contributed by atoms with van der Waals surface area (Å²) < 4.78 is 6.80. The SMILES string of the molecule is COCC(=O)NCCc1nc2ccccc2n1CC(=O)N1CCCCC1. The summed E-state index contributed by atoms with van der Waals surface area (Å²) in [4.78, 5) is 30.9. The molecule has 2 aromatic rings. The van der Waals surface area contributed by atoms with Crippen LogP contribution in [0.25, 0.3) is 11.0 Å². The van der Waals surface area contributed by atoms with Crippen LogP contribution < -0.4 is 5.32 Å². The van der Waals surface area contributed by atoms with Gasteiger partial charge >= 0.3 is 0 Å². The van der Waals surface area contributed by atoms with Crippen LogP contribution in [0.5, 0.6) is 0 Å². The Balaban J connectivity index is 1.73. The van der Waals surface area contributed by atoms with Gasteiger partial charge in [0.25, 0.3) is 0 Å². The maximum Gasteiger partial charge on any atom is 0.245 e. The molecule has 1 N–H and O–H groups in total. The maximum absolute atomic E-state index is 12.7. The minimum atomic E-state index is -0.153. The van der Waals surface area contributed by atoms with E-state index in [1.165, 1.54) is 13.5 Å². The van der Waals surface area contributed by atoms with Crippen molar-refractivity contribution in [3.8, 4) is 0 Å². The van der Waals surface area contributed by atoms with Crippen molar-refractivity contribution in [1.29, 1.82) is 0 Å². The molecular weight excluding hydrogens is 332 g/mol. The number of benzene rings is 1. The van der Waals surface area contributed by atoms with Crippen molar-refractivity contribution >= 4 is 22.8 Å². The summed E-state index contributed by atoms with van der Waals surface area (Å²) in [5.41, 5.74) is 1.83. The van der Waals surface area contributed by atoms with Crippen LogP contribution in [0.3, 0.4) is 0 Å². The number of rotatable bonds is 7. The summed E-state index contributed by atoms with van der Waals surface area (Å²) in [6, 6.07) is 7.83. The first-order valence-electron chi connectivity index (χ1n) is 9.16. The molecule has 1 aromatic heterocycles. The largest absolute Gasteiger partial charge is 0.375 e. The monoisotopic (exact) mass is 358 g/mol. The van der Waals surface area contributed by atoms with Crippen molar-refractivity contribution in [2.24, 2.45) is 0 Å². The van der Waals surface area contributed by atoms with Gasteiger partial charge in [0.1, 0.15) is 19.0 Å². The number of likely N-dealkylation sites (tertiary alicyclic amines) is 1. The number of methoxy groups -OCH3 is 1. The van der Waals surface area contributed by atoms with E-state index in [1.807, 2.05) is 33.7 Å². The van der Waals surface area contributed by atoms with Gasteiger partial charge in [-0.05, 0) is 31.4 Å². The standard InChI is InChI=1S/C19H26N4O3/c1-26-14-18(24)20-10-9-17-21-15-7-3-4-8-16(15)23(17)13-19(25)22-11-5-2-6-12-22/h3-4,7-8H,2,5-6,9-14H2,1H3,(H,20,24). The molecule has 2 heterocycles. The van der Waals surface area contributed by atoms with Gasteiger partial charge in [0.2, 0.25) is 11.8 Å². The van der Waals surface area contributed by atoms with Crippen molar-refractivity contribution in [2.75, 3.05) is 33.4 Å². The van der Waals surface area contributed by atoms with Crippen LogP contribution in [0, 0.1) is 0 Å². The van der Waals surface area contributed by atoms with E-state index < -0.39 is 0 Å². The van der Waals surface area contributed by atoms with E-state index >= 15 is 0 Å². The number of nitrogens with one attached hydrogen (secondary N) is 1. The first kappa shape index (κ1) is 18.4. The fraction of sp³-hybridized carbons (Fsp3) is 0.526. The van der Waals surface area contributed by atoms with Gasteiger partial charge in [-0.1, -0.05) is 12.1 Å². The van der Waals surface area contributed by atoms with E-state index in [4.69, 9.17) is 4.74 Å². The fourth-order valence-corrected chi connectivity index (χ4v) is 3.37. The second-order valence-electron chi connectivity index (χ2n) is 6.58. The van der Waals surface area contributed by atoms with Crippen molar-refractivity contribution in [1.82, 2.24) is 19.8 Å². The third kappa shape index (κ3) is 4.40. The lowest BCUT2D eigenvalue weighted by Crippen LogP contribution is -2.38. The van der Waals surface area contributed by atoms with Gasteiger partial charge in [0.15, 0.2) is 0 Å². The number of piperidine rings is 1. The normalized spacial score (nSPS) is 14.6. The minimum absolute atomic E-state index is 0.0455. The summed E-state index contributed by atoms with van der Waals surface area (Å²) in [6.45, 7) is 2.48. The second-order valence-corrected chi connectivity index (χ2v) is 6.58. The smallest absolute Gasteiger partial charge is 0.245 e. The van der Waals surface area contributed by atoms with Crippen molar-refractivity contribution in [3.63, 3.8) is 0 Å². The van der Waals surface area contributed by atoms with Gasteiger partial charge in [-0.3, -0.25) is 9.59 Å². The third-order valence-corrected chi connectivity index (χ3v) is 4.68. The molecule has 7 nitrogen and oxygen atoms in total. The molecule has 2 amide bonds. The van der Waals surface area contributed by atoms with E-state index in [9.17, 15) is 9.59 Å². The average molecular weight is 358 g/mol.